The van der Waals surface area contributed by atoms with Crippen molar-refractivity contribution in [1.29, 1.82) is 0 Å². The first kappa shape index (κ1) is 11.1. The average Bonchev–Trinajstić information content (AvgIpc) is 2.29. The smallest absolute Gasteiger partial charge is 0.329 e. The largest absolute Gasteiger partial charge is 0.378 e. The Morgan fingerprint density at radius 2 is 2.19 bits per heavy atom. The summed E-state index contributed by atoms with van der Waals surface area (Å²) in [5.41, 5.74) is 0.374. The zero-order valence-electron chi connectivity index (χ0n) is 8.43. The van der Waals surface area contributed by atoms with Gasteiger partial charge in [-0.2, -0.15) is 0 Å². The predicted octanol–water partition coefficient (Wildman–Crippen LogP) is 1.48. The van der Waals surface area contributed by atoms with Gasteiger partial charge in [-0.25, -0.2) is 4.98 Å². The highest BCUT2D eigenvalue weighted by atomic mass is 35.5. The Hall–Kier alpha value is -1.40. The molecule has 2 rings (SSSR count). The number of rotatable bonds is 2. The highest BCUT2D eigenvalue weighted by Crippen LogP contribution is 2.33. The maximum absolute atomic E-state index is 10.9. The summed E-state index contributed by atoms with van der Waals surface area (Å²) >= 11 is 5.73. The molecule has 1 aliphatic rings. The SMILES string of the molecule is O=[N+]([O-])c1c(N2CCOCC2)ccnc1Cl. The van der Waals surface area contributed by atoms with Crippen LogP contribution in [-0.2, 0) is 4.74 Å². The fourth-order valence-electron chi connectivity index (χ4n) is 1.65. The van der Waals surface area contributed by atoms with Crippen LogP contribution >= 0.6 is 11.6 Å². The van der Waals surface area contributed by atoms with Gasteiger partial charge in [-0.1, -0.05) is 11.6 Å². The summed E-state index contributed by atoms with van der Waals surface area (Å²) in [4.78, 5) is 16.0. The van der Waals surface area contributed by atoms with Crippen molar-refractivity contribution >= 4 is 23.0 Å². The molecular formula is C9H10ClN3O3. The number of nitrogens with zero attached hydrogens (tertiary/aromatic N) is 3. The number of ether oxygens (including phenoxy) is 1. The van der Waals surface area contributed by atoms with E-state index < -0.39 is 4.92 Å². The van der Waals surface area contributed by atoms with E-state index in [9.17, 15) is 10.1 Å². The van der Waals surface area contributed by atoms with Crippen molar-refractivity contribution in [3.05, 3.63) is 27.5 Å². The standard InChI is InChI=1S/C9H10ClN3O3/c10-9-8(13(14)15)7(1-2-11-9)12-3-5-16-6-4-12/h1-2H,3-6H2. The number of halogens is 1. The quantitative estimate of drug-likeness (QED) is 0.447. The Morgan fingerprint density at radius 3 is 2.81 bits per heavy atom. The summed E-state index contributed by atoms with van der Waals surface area (Å²) in [6.45, 7) is 2.39. The van der Waals surface area contributed by atoms with Crippen LogP contribution in [-0.4, -0.2) is 36.2 Å². The molecule has 1 aliphatic heterocycles. The normalized spacial score (nSPS) is 16.2. The molecule has 0 N–H and O–H groups in total. The van der Waals surface area contributed by atoms with Gasteiger partial charge in [0.25, 0.3) is 0 Å². The average molecular weight is 244 g/mol. The van der Waals surface area contributed by atoms with Gasteiger partial charge in [-0.3, -0.25) is 10.1 Å². The van der Waals surface area contributed by atoms with Crippen LogP contribution in [0.3, 0.4) is 0 Å². The van der Waals surface area contributed by atoms with Crippen LogP contribution in [0.5, 0.6) is 0 Å². The van der Waals surface area contributed by atoms with Crippen LogP contribution in [0.15, 0.2) is 12.3 Å². The lowest BCUT2D eigenvalue weighted by atomic mass is 10.3. The molecule has 0 saturated carbocycles. The molecule has 0 aromatic carbocycles. The summed E-state index contributed by atoms with van der Waals surface area (Å²) < 4.78 is 5.19. The number of aromatic nitrogens is 1. The minimum absolute atomic E-state index is 0.0750. The molecule has 0 amide bonds. The molecule has 2 heterocycles. The molecule has 7 heteroatoms. The first-order chi connectivity index (χ1) is 7.70. The zero-order valence-corrected chi connectivity index (χ0v) is 9.18. The van der Waals surface area contributed by atoms with Crippen LogP contribution in [0, 0.1) is 10.1 Å². The fraction of sp³-hybridized carbons (Fsp3) is 0.444. The third-order valence-electron chi connectivity index (χ3n) is 2.39. The molecule has 0 atom stereocenters. The Balaban J connectivity index is 2.38. The number of nitro groups is 1. The van der Waals surface area contributed by atoms with E-state index >= 15 is 0 Å². The van der Waals surface area contributed by atoms with Gasteiger partial charge in [0.2, 0.25) is 5.15 Å². The van der Waals surface area contributed by atoms with Gasteiger partial charge in [0.15, 0.2) is 0 Å². The van der Waals surface area contributed by atoms with Crippen LogP contribution in [0.25, 0.3) is 0 Å². The lowest BCUT2D eigenvalue weighted by Gasteiger charge is -2.28. The molecule has 6 nitrogen and oxygen atoms in total. The lowest BCUT2D eigenvalue weighted by Crippen LogP contribution is -2.36. The van der Waals surface area contributed by atoms with E-state index in [0.29, 0.717) is 32.0 Å². The molecule has 0 aliphatic carbocycles. The molecule has 1 aromatic heterocycles. The maximum atomic E-state index is 10.9. The molecule has 0 bridgehead atoms. The van der Waals surface area contributed by atoms with E-state index in [-0.39, 0.29) is 10.8 Å². The highest BCUT2D eigenvalue weighted by molar-refractivity contribution is 6.32. The molecule has 1 fully saturated rings. The van der Waals surface area contributed by atoms with Gasteiger partial charge in [-0.15, -0.1) is 0 Å². The van der Waals surface area contributed by atoms with Crippen LogP contribution in [0.1, 0.15) is 0 Å². The van der Waals surface area contributed by atoms with Crippen LogP contribution in [0.4, 0.5) is 11.4 Å². The van der Waals surface area contributed by atoms with Gasteiger partial charge in [0.1, 0.15) is 5.69 Å². The molecule has 86 valence electrons. The number of hydrogen-bond acceptors (Lipinski definition) is 5. The number of morpholine rings is 1. The Morgan fingerprint density at radius 1 is 1.50 bits per heavy atom. The molecule has 0 spiro atoms. The summed E-state index contributed by atoms with van der Waals surface area (Å²) in [6, 6.07) is 1.61. The molecule has 16 heavy (non-hydrogen) atoms. The summed E-state index contributed by atoms with van der Waals surface area (Å²) in [6.07, 6.45) is 1.47. The molecule has 1 aromatic rings. The van der Waals surface area contributed by atoms with E-state index in [0.717, 1.165) is 0 Å². The summed E-state index contributed by atoms with van der Waals surface area (Å²) in [5.74, 6) is 0. The van der Waals surface area contributed by atoms with Gasteiger partial charge >= 0.3 is 5.69 Å². The number of pyridine rings is 1. The second-order valence-electron chi connectivity index (χ2n) is 3.33. The lowest BCUT2D eigenvalue weighted by molar-refractivity contribution is -0.384. The van der Waals surface area contributed by atoms with Crippen molar-refractivity contribution in [2.24, 2.45) is 0 Å². The summed E-state index contributed by atoms with van der Waals surface area (Å²) in [5, 5.41) is 10.8. The second-order valence-corrected chi connectivity index (χ2v) is 3.68. The molecule has 1 saturated heterocycles. The van der Waals surface area contributed by atoms with Crippen molar-refractivity contribution in [3.63, 3.8) is 0 Å². The molecule has 0 unspecified atom stereocenters. The first-order valence-corrected chi connectivity index (χ1v) is 5.19. The van der Waals surface area contributed by atoms with E-state index in [1.165, 1.54) is 6.20 Å². The van der Waals surface area contributed by atoms with Crippen molar-refractivity contribution in [3.8, 4) is 0 Å². The van der Waals surface area contributed by atoms with Crippen molar-refractivity contribution in [1.82, 2.24) is 4.98 Å². The van der Waals surface area contributed by atoms with E-state index in [2.05, 4.69) is 4.98 Å². The second kappa shape index (κ2) is 4.63. The minimum atomic E-state index is -0.500. The number of hydrogen-bond donors (Lipinski definition) is 0. The van der Waals surface area contributed by atoms with E-state index in [4.69, 9.17) is 16.3 Å². The highest BCUT2D eigenvalue weighted by Gasteiger charge is 2.25. The molecular weight excluding hydrogens is 234 g/mol. The van der Waals surface area contributed by atoms with Crippen molar-refractivity contribution in [2.75, 3.05) is 31.2 Å². The van der Waals surface area contributed by atoms with Crippen molar-refractivity contribution < 1.29 is 9.66 Å². The van der Waals surface area contributed by atoms with E-state index in [1.54, 1.807) is 6.07 Å². The third-order valence-corrected chi connectivity index (χ3v) is 2.67. The topological polar surface area (TPSA) is 68.5 Å². The van der Waals surface area contributed by atoms with E-state index in [1.807, 2.05) is 4.90 Å². The Bertz CT molecular complexity index is 407. The zero-order chi connectivity index (χ0) is 11.5. The maximum Gasteiger partial charge on any atom is 0.329 e. The van der Waals surface area contributed by atoms with Gasteiger partial charge in [0.05, 0.1) is 18.1 Å². The van der Waals surface area contributed by atoms with Crippen molar-refractivity contribution in [2.45, 2.75) is 0 Å². The molecule has 0 radical (unpaired) electrons. The Labute approximate surface area is 96.9 Å². The Kier molecular flexibility index (Phi) is 3.21. The van der Waals surface area contributed by atoms with Gasteiger partial charge < -0.3 is 9.64 Å². The third kappa shape index (κ3) is 2.07. The van der Waals surface area contributed by atoms with Crippen LogP contribution < -0.4 is 4.90 Å². The monoisotopic (exact) mass is 243 g/mol. The predicted molar refractivity (Wildman–Crippen MR) is 58.9 cm³/mol. The first-order valence-electron chi connectivity index (χ1n) is 4.81. The van der Waals surface area contributed by atoms with Gasteiger partial charge in [0, 0.05) is 19.3 Å². The summed E-state index contributed by atoms with van der Waals surface area (Å²) in [7, 11) is 0. The minimum Gasteiger partial charge on any atom is -0.378 e. The fourth-order valence-corrected chi connectivity index (χ4v) is 1.87. The van der Waals surface area contributed by atoms with Gasteiger partial charge in [-0.05, 0) is 6.07 Å². The van der Waals surface area contributed by atoms with Crippen LogP contribution in [0.2, 0.25) is 5.15 Å². The number of anilines is 1.